The molecular formula is C8H10FNO. The fraction of sp³-hybridized carbons (Fsp3) is 0.250. The van der Waals surface area contributed by atoms with E-state index in [1.54, 1.807) is 19.2 Å². The second-order valence-electron chi connectivity index (χ2n) is 2.07. The molecule has 60 valence electrons. The summed E-state index contributed by atoms with van der Waals surface area (Å²) in [6, 6.07) is 4.69. The number of para-hydroxylation sites is 1. The van der Waals surface area contributed by atoms with E-state index in [1.807, 2.05) is 0 Å². The molecule has 0 heterocycles. The third kappa shape index (κ3) is 1.42. The Kier molecular flexibility index (Phi) is 2.31. The Bertz CT molecular complexity index is 250. The van der Waals surface area contributed by atoms with Gasteiger partial charge >= 0.3 is 0 Å². The summed E-state index contributed by atoms with van der Waals surface area (Å²) >= 11 is 0. The number of nitrogens with one attached hydrogen (secondary N) is 1. The van der Waals surface area contributed by atoms with Gasteiger partial charge in [0.05, 0.1) is 7.11 Å². The first-order valence-corrected chi connectivity index (χ1v) is 3.30. The van der Waals surface area contributed by atoms with Crippen molar-refractivity contribution in [2.45, 2.75) is 0 Å². The fourth-order valence-electron chi connectivity index (χ4n) is 0.917. The molecule has 0 bridgehead atoms. The van der Waals surface area contributed by atoms with E-state index in [-0.39, 0.29) is 5.82 Å². The van der Waals surface area contributed by atoms with Gasteiger partial charge in [-0.1, -0.05) is 6.07 Å². The number of halogens is 1. The van der Waals surface area contributed by atoms with Crippen LogP contribution in [0, 0.1) is 5.82 Å². The molecule has 0 atom stereocenters. The zero-order valence-corrected chi connectivity index (χ0v) is 6.52. The van der Waals surface area contributed by atoms with Crippen LogP contribution in [-0.2, 0) is 0 Å². The molecule has 2 nitrogen and oxygen atoms in total. The molecule has 0 amide bonds. The van der Waals surface area contributed by atoms with Gasteiger partial charge in [-0.3, -0.25) is 0 Å². The Morgan fingerprint density at radius 3 is 2.64 bits per heavy atom. The van der Waals surface area contributed by atoms with Crippen LogP contribution in [-0.4, -0.2) is 14.2 Å². The highest BCUT2D eigenvalue weighted by Gasteiger charge is 2.04. The average molecular weight is 155 g/mol. The molecule has 0 unspecified atom stereocenters. The lowest BCUT2D eigenvalue weighted by molar-refractivity contribution is 0.414. The lowest BCUT2D eigenvalue weighted by atomic mass is 10.3. The van der Waals surface area contributed by atoms with Crippen molar-refractivity contribution >= 4 is 5.69 Å². The van der Waals surface area contributed by atoms with Crippen molar-refractivity contribution in [3.05, 3.63) is 24.0 Å². The third-order valence-electron chi connectivity index (χ3n) is 1.45. The molecule has 0 radical (unpaired) electrons. The predicted molar refractivity (Wildman–Crippen MR) is 42.5 cm³/mol. The first-order valence-electron chi connectivity index (χ1n) is 3.30. The summed E-state index contributed by atoms with van der Waals surface area (Å²) in [4.78, 5) is 0. The van der Waals surface area contributed by atoms with E-state index >= 15 is 0 Å². The van der Waals surface area contributed by atoms with Crippen LogP contribution in [0.4, 0.5) is 10.1 Å². The van der Waals surface area contributed by atoms with Crippen molar-refractivity contribution in [2.75, 3.05) is 19.5 Å². The Hall–Kier alpha value is -1.25. The molecule has 0 saturated heterocycles. The molecule has 1 aromatic rings. The highest BCUT2D eigenvalue weighted by Crippen LogP contribution is 2.25. The van der Waals surface area contributed by atoms with Gasteiger partial charge in [0, 0.05) is 7.05 Å². The highest BCUT2D eigenvalue weighted by molar-refractivity contribution is 5.56. The molecule has 0 saturated carbocycles. The van der Waals surface area contributed by atoms with Crippen LogP contribution >= 0.6 is 0 Å². The average Bonchev–Trinajstić information content (AvgIpc) is 2.04. The van der Waals surface area contributed by atoms with Crippen LogP contribution in [0.25, 0.3) is 0 Å². The number of hydrogen-bond acceptors (Lipinski definition) is 2. The van der Waals surface area contributed by atoms with Crippen molar-refractivity contribution < 1.29 is 9.13 Å². The SMILES string of the molecule is CNc1c(F)cccc1OC. The molecule has 0 aliphatic carbocycles. The van der Waals surface area contributed by atoms with Gasteiger partial charge in [0.1, 0.15) is 17.3 Å². The molecule has 11 heavy (non-hydrogen) atoms. The Balaban J connectivity index is 3.13. The zero-order valence-electron chi connectivity index (χ0n) is 6.52. The molecule has 0 aliphatic heterocycles. The number of hydrogen-bond donors (Lipinski definition) is 1. The largest absolute Gasteiger partial charge is 0.494 e. The number of ether oxygens (including phenoxy) is 1. The smallest absolute Gasteiger partial charge is 0.150 e. The van der Waals surface area contributed by atoms with E-state index < -0.39 is 0 Å². The van der Waals surface area contributed by atoms with Gasteiger partial charge in [0.25, 0.3) is 0 Å². The topological polar surface area (TPSA) is 21.3 Å². The molecule has 0 aliphatic rings. The summed E-state index contributed by atoms with van der Waals surface area (Å²) in [7, 11) is 3.16. The quantitative estimate of drug-likeness (QED) is 0.704. The normalized spacial score (nSPS) is 9.36. The Morgan fingerprint density at radius 2 is 2.18 bits per heavy atom. The summed E-state index contributed by atoms with van der Waals surface area (Å²) < 4.78 is 17.8. The van der Waals surface area contributed by atoms with E-state index in [9.17, 15) is 4.39 Å². The van der Waals surface area contributed by atoms with Crippen LogP contribution in [0.2, 0.25) is 0 Å². The summed E-state index contributed by atoms with van der Waals surface area (Å²) in [6.07, 6.45) is 0. The van der Waals surface area contributed by atoms with Crippen molar-refractivity contribution in [1.29, 1.82) is 0 Å². The molecule has 0 aromatic heterocycles. The fourth-order valence-corrected chi connectivity index (χ4v) is 0.917. The number of benzene rings is 1. The van der Waals surface area contributed by atoms with Gasteiger partial charge in [0.2, 0.25) is 0 Å². The minimum atomic E-state index is -0.299. The van der Waals surface area contributed by atoms with E-state index in [0.717, 1.165) is 0 Å². The van der Waals surface area contributed by atoms with Crippen LogP contribution in [0.1, 0.15) is 0 Å². The molecule has 3 heteroatoms. The Labute approximate surface area is 65.0 Å². The molecule has 1 rings (SSSR count). The van der Waals surface area contributed by atoms with Crippen LogP contribution in [0.15, 0.2) is 18.2 Å². The maximum Gasteiger partial charge on any atom is 0.150 e. The third-order valence-corrected chi connectivity index (χ3v) is 1.45. The van der Waals surface area contributed by atoms with E-state index in [2.05, 4.69) is 5.32 Å². The first kappa shape index (κ1) is 7.85. The van der Waals surface area contributed by atoms with E-state index in [1.165, 1.54) is 13.2 Å². The zero-order chi connectivity index (χ0) is 8.27. The monoisotopic (exact) mass is 155 g/mol. The standard InChI is InChI=1S/C8H10FNO/c1-10-8-6(9)4-3-5-7(8)11-2/h3-5,10H,1-2H3. The van der Waals surface area contributed by atoms with E-state index in [0.29, 0.717) is 11.4 Å². The van der Waals surface area contributed by atoms with Crippen LogP contribution < -0.4 is 10.1 Å². The van der Waals surface area contributed by atoms with Crippen molar-refractivity contribution in [3.63, 3.8) is 0 Å². The highest BCUT2D eigenvalue weighted by atomic mass is 19.1. The number of methoxy groups -OCH3 is 1. The molecular weight excluding hydrogens is 145 g/mol. The lowest BCUT2D eigenvalue weighted by Gasteiger charge is -2.07. The molecule has 1 N–H and O–H groups in total. The first-order chi connectivity index (χ1) is 5.29. The van der Waals surface area contributed by atoms with Gasteiger partial charge in [-0.15, -0.1) is 0 Å². The van der Waals surface area contributed by atoms with Gasteiger partial charge in [-0.2, -0.15) is 0 Å². The van der Waals surface area contributed by atoms with Crippen molar-refractivity contribution in [1.82, 2.24) is 0 Å². The van der Waals surface area contributed by atoms with Gasteiger partial charge < -0.3 is 10.1 Å². The van der Waals surface area contributed by atoms with Crippen LogP contribution in [0.3, 0.4) is 0 Å². The summed E-state index contributed by atoms with van der Waals surface area (Å²) in [6.45, 7) is 0. The number of rotatable bonds is 2. The van der Waals surface area contributed by atoms with Crippen molar-refractivity contribution in [2.24, 2.45) is 0 Å². The van der Waals surface area contributed by atoms with E-state index in [4.69, 9.17) is 4.74 Å². The van der Waals surface area contributed by atoms with Crippen molar-refractivity contribution in [3.8, 4) is 5.75 Å². The Morgan fingerprint density at radius 1 is 1.45 bits per heavy atom. The lowest BCUT2D eigenvalue weighted by Crippen LogP contribution is -1.96. The van der Waals surface area contributed by atoms with Gasteiger partial charge in [0.15, 0.2) is 0 Å². The van der Waals surface area contributed by atoms with Gasteiger partial charge in [-0.25, -0.2) is 4.39 Å². The molecule has 0 fully saturated rings. The minimum absolute atomic E-state index is 0.299. The second-order valence-corrected chi connectivity index (χ2v) is 2.07. The predicted octanol–water partition coefficient (Wildman–Crippen LogP) is 1.88. The van der Waals surface area contributed by atoms with Crippen LogP contribution in [0.5, 0.6) is 5.75 Å². The molecule has 0 spiro atoms. The summed E-state index contributed by atoms with van der Waals surface area (Å²) in [5.74, 6) is 0.222. The minimum Gasteiger partial charge on any atom is -0.494 e. The molecule has 1 aromatic carbocycles. The second kappa shape index (κ2) is 3.23. The van der Waals surface area contributed by atoms with Gasteiger partial charge in [-0.05, 0) is 12.1 Å². The number of anilines is 1. The maximum atomic E-state index is 12.9. The summed E-state index contributed by atoms with van der Waals surface area (Å²) in [5.41, 5.74) is 0.398. The summed E-state index contributed by atoms with van der Waals surface area (Å²) in [5, 5.41) is 2.71. The maximum absolute atomic E-state index is 12.9.